The fourth-order valence-corrected chi connectivity index (χ4v) is 2.75. The topological polar surface area (TPSA) is 55.4 Å². The number of rotatable bonds is 1. The summed E-state index contributed by atoms with van der Waals surface area (Å²) < 4.78 is 6.05. The number of nitrogens with one attached hydrogen (secondary N) is 1. The molecule has 19 heavy (non-hydrogen) atoms. The van der Waals surface area contributed by atoms with Crippen LogP contribution in [0, 0.1) is 0 Å². The average Bonchev–Trinajstić information content (AvgIpc) is 2.39. The van der Waals surface area contributed by atoms with E-state index >= 15 is 0 Å². The molecule has 5 heteroatoms. The number of carbonyl (C=O) groups is 2. The smallest absolute Gasteiger partial charge is 0.170 e. The van der Waals surface area contributed by atoms with Gasteiger partial charge in [-0.1, -0.05) is 0 Å². The number of benzene rings is 1. The van der Waals surface area contributed by atoms with Crippen LogP contribution in [0.2, 0.25) is 0 Å². The first kappa shape index (κ1) is 14.0. The molecule has 0 unspecified atom stereocenters. The van der Waals surface area contributed by atoms with Gasteiger partial charge in [-0.25, -0.2) is 0 Å². The molecule has 2 heterocycles. The van der Waals surface area contributed by atoms with Crippen LogP contribution in [-0.4, -0.2) is 30.8 Å². The highest BCUT2D eigenvalue weighted by Crippen LogP contribution is 2.38. The second kappa shape index (κ2) is 5.31. The van der Waals surface area contributed by atoms with Crippen molar-refractivity contribution in [3.8, 4) is 5.75 Å². The van der Waals surface area contributed by atoms with E-state index in [1.807, 2.05) is 0 Å². The molecule has 1 spiro atoms. The van der Waals surface area contributed by atoms with Crippen molar-refractivity contribution >= 4 is 24.5 Å². The van der Waals surface area contributed by atoms with Crippen molar-refractivity contribution in [3.63, 3.8) is 0 Å². The summed E-state index contributed by atoms with van der Waals surface area (Å²) in [5.41, 5.74) is 0.730. The minimum atomic E-state index is -0.335. The fourth-order valence-electron chi connectivity index (χ4n) is 2.75. The number of aldehydes is 1. The van der Waals surface area contributed by atoms with Gasteiger partial charge in [-0.3, -0.25) is 9.59 Å². The Morgan fingerprint density at radius 1 is 1.26 bits per heavy atom. The van der Waals surface area contributed by atoms with E-state index in [4.69, 9.17) is 4.74 Å². The van der Waals surface area contributed by atoms with Gasteiger partial charge in [-0.2, -0.15) is 0 Å². The molecule has 4 nitrogen and oxygen atoms in total. The Labute approximate surface area is 117 Å². The molecule has 1 fully saturated rings. The second-order valence-corrected chi connectivity index (χ2v) is 5.01. The molecular formula is C14H16ClNO3. The van der Waals surface area contributed by atoms with Gasteiger partial charge in [0.15, 0.2) is 5.78 Å². The lowest BCUT2D eigenvalue weighted by atomic mass is 9.83. The number of fused-ring (bicyclic) bond motifs is 1. The molecule has 3 rings (SSSR count). The highest BCUT2D eigenvalue weighted by atomic mass is 35.5. The molecule has 0 saturated carbocycles. The van der Waals surface area contributed by atoms with Crippen molar-refractivity contribution in [2.75, 3.05) is 13.1 Å². The van der Waals surface area contributed by atoms with E-state index in [-0.39, 0.29) is 23.8 Å². The lowest BCUT2D eigenvalue weighted by Gasteiger charge is -2.40. The number of ketones is 1. The molecule has 2 aliphatic rings. The van der Waals surface area contributed by atoms with E-state index < -0.39 is 0 Å². The lowest BCUT2D eigenvalue weighted by molar-refractivity contribution is 0.0187. The standard InChI is InChI=1S/C14H15NO3.ClH/c16-9-10-1-2-13-11(7-10)12(17)8-14(18-13)3-5-15-6-4-14;/h1-2,7,9,15H,3-6,8H2;1H. The first-order chi connectivity index (χ1) is 8.72. The quantitative estimate of drug-likeness (QED) is 0.800. The van der Waals surface area contributed by atoms with E-state index in [1.54, 1.807) is 18.2 Å². The molecule has 0 atom stereocenters. The zero-order chi connectivity index (χ0) is 12.6. The molecule has 102 valence electrons. The Kier molecular flexibility index (Phi) is 3.92. The number of ether oxygens (including phenoxy) is 1. The van der Waals surface area contributed by atoms with Gasteiger partial charge in [0.05, 0.1) is 12.0 Å². The summed E-state index contributed by atoms with van der Waals surface area (Å²) in [5, 5.41) is 3.28. The van der Waals surface area contributed by atoms with Gasteiger partial charge in [0, 0.05) is 18.4 Å². The third kappa shape index (κ3) is 2.51. The van der Waals surface area contributed by atoms with Gasteiger partial charge in [-0.15, -0.1) is 12.4 Å². The van der Waals surface area contributed by atoms with Gasteiger partial charge in [0.2, 0.25) is 0 Å². The fraction of sp³-hybridized carbons (Fsp3) is 0.429. The predicted octanol–water partition coefficient (Wildman–Crippen LogP) is 2.01. The number of carbonyl (C=O) groups excluding carboxylic acids is 2. The molecule has 1 saturated heterocycles. The molecular weight excluding hydrogens is 266 g/mol. The van der Waals surface area contributed by atoms with Crippen LogP contribution >= 0.6 is 12.4 Å². The Hall–Kier alpha value is -1.39. The van der Waals surface area contributed by atoms with E-state index in [0.717, 1.165) is 32.2 Å². The van der Waals surface area contributed by atoms with Gasteiger partial charge < -0.3 is 10.1 Å². The SMILES string of the molecule is Cl.O=Cc1ccc2c(c1)C(=O)CC1(CCNCC1)O2. The van der Waals surface area contributed by atoms with Crippen molar-refractivity contribution in [3.05, 3.63) is 29.3 Å². The van der Waals surface area contributed by atoms with Gasteiger partial charge in [-0.05, 0) is 31.3 Å². The normalized spacial score (nSPS) is 20.1. The van der Waals surface area contributed by atoms with Crippen molar-refractivity contribution in [1.29, 1.82) is 0 Å². The molecule has 1 N–H and O–H groups in total. The second-order valence-electron chi connectivity index (χ2n) is 5.01. The van der Waals surface area contributed by atoms with Crippen LogP contribution in [0.25, 0.3) is 0 Å². The van der Waals surface area contributed by atoms with Crippen LogP contribution in [0.4, 0.5) is 0 Å². The largest absolute Gasteiger partial charge is 0.486 e. The third-order valence-corrected chi connectivity index (χ3v) is 3.76. The van der Waals surface area contributed by atoms with Crippen LogP contribution in [0.5, 0.6) is 5.75 Å². The summed E-state index contributed by atoms with van der Waals surface area (Å²) in [4.78, 5) is 22.9. The zero-order valence-electron chi connectivity index (χ0n) is 10.5. The van der Waals surface area contributed by atoms with Crippen LogP contribution in [0.3, 0.4) is 0 Å². The van der Waals surface area contributed by atoms with Gasteiger partial charge in [0.25, 0.3) is 0 Å². The summed E-state index contributed by atoms with van der Waals surface area (Å²) in [6.07, 6.45) is 2.88. The predicted molar refractivity (Wildman–Crippen MR) is 73.5 cm³/mol. The van der Waals surface area contributed by atoms with E-state index in [0.29, 0.717) is 23.3 Å². The van der Waals surface area contributed by atoms with Gasteiger partial charge in [0.1, 0.15) is 17.6 Å². The van der Waals surface area contributed by atoms with Crippen LogP contribution in [-0.2, 0) is 0 Å². The van der Waals surface area contributed by atoms with E-state index in [9.17, 15) is 9.59 Å². The highest BCUT2D eigenvalue weighted by Gasteiger charge is 2.41. The van der Waals surface area contributed by atoms with Gasteiger partial charge >= 0.3 is 0 Å². The van der Waals surface area contributed by atoms with Crippen molar-refractivity contribution < 1.29 is 14.3 Å². The van der Waals surface area contributed by atoms with Crippen LogP contribution < -0.4 is 10.1 Å². The summed E-state index contributed by atoms with van der Waals surface area (Å²) >= 11 is 0. The molecule has 0 aliphatic carbocycles. The summed E-state index contributed by atoms with van der Waals surface area (Å²) in [5.74, 6) is 0.709. The Morgan fingerprint density at radius 3 is 2.68 bits per heavy atom. The maximum Gasteiger partial charge on any atom is 0.170 e. The van der Waals surface area contributed by atoms with E-state index in [1.165, 1.54) is 0 Å². The van der Waals surface area contributed by atoms with Crippen LogP contribution in [0.15, 0.2) is 18.2 Å². The Morgan fingerprint density at radius 2 is 2.00 bits per heavy atom. The zero-order valence-corrected chi connectivity index (χ0v) is 11.3. The first-order valence-corrected chi connectivity index (χ1v) is 6.25. The highest BCUT2D eigenvalue weighted by molar-refractivity contribution is 6.01. The summed E-state index contributed by atoms with van der Waals surface area (Å²) in [7, 11) is 0. The molecule has 2 aliphatic heterocycles. The molecule has 0 amide bonds. The third-order valence-electron chi connectivity index (χ3n) is 3.76. The summed E-state index contributed by atoms with van der Waals surface area (Å²) in [6, 6.07) is 5.05. The Balaban J connectivity index is 0.00000133. The van der Waals surface area contributed by atoms with Crippen LogP contribution in [0.1, 0.15) is 40.0 Å². The first-order valence-electron chi connectivity index (χ1n) is 6.25. The number of Topliss-reactive ketones (excluding diaryl/α,β-unsaturated/α-hetero) is 1. The maximum atomic E-state index is 12.2. The molecule has 0 aromatic heterocycles. The summed E-state index contributed by atoms with van der Waals surface area (Å²) in [6.45, 7) is 1.77. The maximum absolute atomic E-state index is 12.2. The number of piperidine rings is 1. The minimum absolute atomic E-state index is 0. The monoisotopic (exact) mass is 281 g/mol. The molecule has 0 bridgehead atoms. The average molecular weight is 282 g/mol. The van der Waals surface area contributed by atoms with E-state index in [2.05, 4.69) is 5.32 Å². The van der Waals surface area contributed by atoms with Crippen molar-refractivity contribution in [1.82, 2.24) is 5.32 Å². The molecule has 0 radical (unpaired) electrons. The molecule has 1 aromatic carbocycles. The molecule has 1 aromatic rings. The lowest BCUT2D eigenvalue weighted by Crippen LogP contribution is -2.49. The van der Waals surface area contributed by atoms with Crippen molar-refractivity contribution in [2.24, 2.45) is 0 Å². The number of hydrogen-bond donors (Lipinski definition) is 1. The number of halogens is 1. The number of hydrogen-bond acceptors (Lipinski definition) is 4. The Bertz CT molecular complexity index is 509. The van der Waals surface area contributed by atoms with Crippen molar-refractivity contribution in [2.45, 2.75) is 24.9 Å². The minimum Gasteiger partial charge on any atom is -0.486 e.